The molecule has 0 atom stereocenters. The van der Waals surface area contributed by atoms with Gasteiger partial charge in [-0.3, -0.25) is 4.55 Å². The number of fused-ring (bicyclic) bond motifs is 1. The van der Waals surface area contributed by atoms with Crippen molar-refractivity contribution < 1.29 is 13.0 Å². The molecule has 0 fully saturated rings. The van der Waals surface area contributed by atoms with Gasteiger partial charge in [0.15, 0.2) is 0 Å². The second kappa shape index (κ2) is 3.47. The Morgan fingerprint density at radius 3 is 2.50 bits per heavy atom. The highest BCUT2D eigenvalue weighted by atomic mass is 32.2. The standard InChI is InChI=1S/C11H11NO3S/c1-7-4-8-6-9(12)2-3-10(8)11(5-7)16(13,14)15/h2-6H,12H2,1H3,(H,13,14,15). The summed E-state index contributed by atoms with van der Waals surface area (Å²) in [6, 6.07) is 8.13. The summed E-state index contributed by atoms with van der Waals surface area (Å²) in [5, 5.41) is 1.18. The number of nitrogen functional groups attached to an aromatic ring is 1. The fourth-order valence-electron chi connectivity index (χ4n) is 1.71. The second-order valence-corrected chi connectivity index (χ2v) is 5.11. The fourth-order valence-corrected chi connectivity index (χ4v) is 2.51. The molecule has 0 spiro atoms. The summed E-state index contributed by atoms with van der Waals surface area (Å²) < 4.78 is 31.5. The summed E-state index contributed by atoms with van der Waals surface area (Å²) in [7, 11) is -4.21. The van der Waals surface area contributed by atoms with Crippen LogP contribution >= 0.6 is 0 Å². The van der Waals surface area contributed by atoms with Crippen molar-refractivity contribution in [1.82, 2.24) is 0 Å². The van der Waals surface area contributed by atoms with Crippen LogP contribution < -0.4 is 5.73 Å². The average molecular weight is 237 g/mol. The smallest absolute Gasteiger partial charge is 0.295 e. The van der Waals surface area contributed by atoms with Crippen molar-refractivity contribution in [3.8, 4) is 0 Å². The minimum Gasteiger partial charge on any atom is -0.399 e. The van der Waals surface area contributed by atoms with Crippen LogP contribution in [0.25, 0.3) is 10.8 Å². The molecule has 0 aliphatic rings. The minimum absolute atomic E-state index is 0.0810. The van der Waals surface area contributed by atoms with Gasteiger partial charge in [0.05, 0.1) is 0 Å². The Hall–Kier alpha value is -1.59. The first-order valence-electron chi connectivity index (χ1n) is 4.65. The van der Waals surface area contributed by atoms with Crippen molar-refractivity contribution in [1.29, 1.82) is 0 Å². The first kappa shape index (κ1) is 10.9. The Kier molecular flexibility index (Phi) is 2.36. The molecule has 5 heteroatoms. The second-order valence-electron chi connectivity index (χ2n) is 3.72. The number of anilines is 1. The summed E-state index contributed by atoms with van der Waals surface area (Å²) >= 11 is 0. The molecule has 0 heterocycles. The lowest BCUT2D eigenvalue weighted by Crippen LogP contribution is -2.00. The van der Waals surface area contributed by atoms with E-state index in [1.165, 1.54) is 6.07 Å². The Morgan fingerprint density at radius 1 is 1.19 bits per heavy atom. The van der Waals surface area contributed by atoms with E-state index in [1.807, 2.05) is 6.07 Å². The molecular weight excluding hydrogens is 226 g/mol. The molecule has 0 bridgehead atoms. The molecule has 4 nitrogen and oxygen atoms in total. The van der Waals surface area contributed by atoms with E-state index in [-0.39, 0.29) is 4.90 Å². The van der Waals surface area contributed by atoms with Crippen LogP contribution in [0.5, 0.6) is 0 Å². The maximum absolute atomic E-state index is 11.2. The molecular formula is C11H11NO3S. The van der Waals surface area contributed by atoms with Gasteiger partial charge in [0, 0.05) is 11.1 Å². The fraction of sp³-hybridized carbons (Fsp3) is 0.0909. The van der Waals surface area contributed by atoms with E-state index in [1.54, 1.807) is 25.1 Å². The lowest BCUT2D eigenvalue weighted by molar-refractivity contribution is 0.484. The topological polar surface area (TPSA) is 80.4 Å². The normalized spacial score (nSPS) is 11.9. The third-order valence-electron chi connectivity index (χ3n) is 2.36. The Balaban J connectivity index is 2.94. The summed E-state index contributed by atoms with van der Waals surface area (Å²) in [4.78, 5) is -0.0810. The van der Waals surface area contributed by atoms with Crippen LogP contribution in [0.1, 0.15) is 5.56 Å². The number of aryl methyl sites for hydroxylation is 1. The van der Waals surface area contributed by atoms with Crippen molar-refractivity contribution >= 4 is 26.6 Å². The summed E-state index contributed by atoms with van der Waals surface area (Å²) in [6.45, 7) is 1.76. The lowest BCUT2D eigenvalue weighted by atomic mass is 10.1. The van der Waals surface area contributed by atoms with Gasteiger partial charge in [0.1, 0.15) is 4.90 Å². The first-order chi connectivity index (χ1) is 7.38. The Morgan fingerprint density at radius 2 is 1.88 bits per heavy atom. The summed E-state index contributed by atoms with van der Waals surface area (Å²) in [6.07, 6.45) is 0. The molecule has 0 aliphatic carbocycles. The van der Waals surface area contributed by atoms with Gasteiger partial charge >= 0.3 is 0 Å². The predicted molar refractivity (Wildman–Crippen MR) is 62.9 cm³/mol. The van der Waals surface area contributed by atoms with E-state index in [0.717, 1.165) is 5.56 Å². The molecule has 84 valence electrons. The maximum Gasteiger partial charge on any atom is 0.295 e. The van der Waals surface area contributed by atoms with Crippen molar-refractivity contribution in [2.24, 2.45) is 0 Å². The Labute approximate surface area is 93.4 Å². The van der Waals surface area contributed by atoms with Gasteiger partial charge in [0.25, 0.3) is 10.1 Å². The van der Waals surface area contributed by atoms with Crippen molar-refractivity contribution in [2.75, 3.05) is 5.73 Å². The highest BCUT2D eigenvalue weighted by Crippen LogP contribution is 2.26. The highest BCUT2D eigenvalue weighted by molar-refractivity contribution is 7.86. The van der Waals surface area contributed by atoms with Gasteiger partial charge in [-0.15, -0.1) is 0 Å². The quantitative estimate of drug-likeness (QED) is 0.587. The third kappa shape index (κ3) is 1.87. The highest BCUT2D eigenvalue weighted by Gasteiger charge is 2.14. The SMILES string of the molecule is Cc1cc(S(=O)(=O)O)c2ccc(N)cc2c1. The van der Waals surface area contributed by atoms with Crippen molar-refractivity contribution in [2.45, 2.75) is 11.8 Å². The molecule has 0 amide bonds. The van der Waals surface area contributed by atoms with Gasteiger partial charge in [-0.25, -0.2) is 0 Å². The minimum atomic E-state index is -4.21. The van der Waals surface area contributed by atoms with E-state index < -0.39 is 10.1 Å². The molecule has 0 saturated carbocycles. The van der Waals surface area contributed by atoms with Crippen LogP contribution in [0.4, 0.5) is 5.69 Å². The zero-order valence-electron chi connectivity index (χ0n) is 8.64. The molecule has 0 unspecified atom stereocenters. The number of hydrogen-bond acceptors (Lipinski definition) is 3. The number of nitrogens with two attached hydrogens (primary N) is 1. The molecule has 2 rings (SSSR count). The van der Waals surface area contributed by atoms with E-state index in [0.29, 0.717) is 16.5 Å². The van der Waals surface area contributed by atoms with Crippen LogP contribution in [-0.2, 0) is 10.1 Å². The number of rotatable bonds is 1. The van der Waals surface area contributed by atoms with Crippen molar-refractivity contribution in [3.05, 3.63) is 35.9 Å². The molecule has 0 aliphatic heterocycles. The summed E-state index contributed by atoms with van der Waals surface area (Å²) in [5.41, 5.74) is 6.93. The number of hydrogen-bond donors (Lipinski definition) is 2. The van der Waals surface area contributed by atoms with Gasteiger partial charge in [-0.05, 0) is 36.1 Å². The van der Waals surface area contributed by atoms with E-state index in [2.05, 4.69) is 0 Å². The third-order valence-corrected chi connectivity index (χ3v) is 3.25. The van der Waals surface area contributed by atoms with Gasteiger partial charge in [0.2, 0.25) is 0 Å². The largest absolute Gasteiger partial charge is 0.399 e. The molecule has 0 radical (unpaired) electrons. The first-order valence-corrected chi connectivity index (χ1v) is 6.09. The van der Waals surface area contributed by atoms with E-state index in [4.69, 9.17) is 10.3 Å². The van der Waals surface area contributed by atoms with Crippen LogP contribution in [0.3, 0.4) is 0 Å². The van der Waals surface area contributed by atoms with Crippen LogP contribution in [0.2, 0.25) is 0 Å². The van der Waals surface area contributed by atoms with Crippen LogP contribution in [0.15, 0.2) is 35.2 Å². The maximum atomic E-state index is 11.2. The molecule has 16 heavy (non-hydrogen) atoms. The van der Waals surface area contributed by atoms with Crippen LogP contribution in [-0.4, -0.2) is 13.0 Å². The van der Waals surface area contributed by atoms with Gasteiger partial charge in [-0.2, -0.15) is 8.42 Å². The van der Waals surface area contributed by atoms with Gasteiger partial charge < -0.3 is 5.73 Å². The average Bonchev–Trinajstić information content (AvgIpc) is 2.14. The molecule has 2 aromatic carbocycles. The molecule has 2 aromatic rings. The molecule has 0 saturated heterocycles. The predicted octanol–water partition coefficient (Wildman–Crippen LogP) is 1.98. The zero-order chi connectivity index (χ0) is 11.9. The number of benzene rings is 2. The van der Waals surface area contributed by atoms with E-state index in [9.17, 15) is 8.42 Å². The monoisotopic (exact) mass is 237 g/mol. The van der Waals surface area contributed by atoms with Gasteiger partial charge in [-0.1, -0.05) is 12.1 Å². The van der Waals surface area contributed by atoms with E-state index >= 15 is 0 Å². The van der Waals surface area contributed by atoms with Crippen LogP contribution in [0, 0.1) is 6.92 Å². The molecule has 3 N–H and O–H groups in total. The zero-order valence-corrected chi connectivity index (χ0v) is 9.45. The Bertz CT molecular complexity index is 657. The van der Waals surface area contributed by atoms with Crippen molar-refractivity contribution in [3.63, 3.8) is 0 Å². The molecule has 0 aromatic heterocycles. The summed E-state index contributed by atoms with van der Waals surface area (Å²) in [5.74, 6) is 0. The lowest BCUT2D eigenvalue weighted by Gasteiger charge is -2.06.